The molecule has 1 rings (SSSR count). The molecular formula is C11H18F4N4O. The first-order chi connectivity index (χ1) is 9.42. The molecule has 20 heavy (non-hydrogen) atoms. The number of alkyl halides is 4. The summed E-state index contributed by atoms with van der Waals surface area (Å²) in [7, 11) is 0. The summed E-state index contributed by atoms with van der Waals surface area (Å²) < 4.78 is 55.8. The molecule has 0 amide bonds. The van der Waals surface area contributed by atoms with Gasteiger partial charge in [-0.3, -0.25) is 5.84 Å². The standard InChI is InChI=1S/C11H18F4N4O/c1-2-4-19-5-3-17-9(19)8(18-16)6-20-7-11(14,15)10(12)13/h3,5,8,10,18H,2,4,6-7,16H2,1H3. The summed E-state index contributed by atoms with van der Waals surface area (Å²) in [4.78, 5) is 4.06. The van der Waals surface area contributed by atoms with Gasteiger partial charge >= 0.3 is 12.3 Å². The SMILES string of the molecule is CCCn1ccnc1C(COCC(F)(F)C(F)F)NN. The normalized spacial score (nSPS) is 13.9. The van der Waals surface area contributed by atoms with Crippen LogP contribution in [0.4, 0.5) is 17.6 Å². The van der Waals surface area contributed by atoms with Gasteiger partial charge in [-0.2, -0.15) is 8.78 Å². The number of halogens is 4. The van der Waals surface area contributed by atoms with Gasteiger partial charge in [-0.05, 0) is 6.42 Å². The number of aromatic nitrogens is 2. The maximum atomic E-state index is 12.7. The van der Waals surface area contributed by atoms with Crippen LogP contribution in [0.5, 0.6) is 0 Å². The molecule has 0 spiro atoms. The lowest BCUT2D eigenvalue weighted by Gasteiger charge is -2.20. The summed E-state index contributed by atoms with van der Waals surface area (Å²) in [6.45, 7) is 1.01. The van der Waals surface area contributed by atoms with Crippen molar-refractivity contribution in [2.75, 3.05) is 13.2 Å². The molecule has 0 saturated heterocycles. The molecule has 116 valence electrons. The quantitative estimate of drug-likeness (QED) is 0.414. The zero-order valence-electron chi connectivity index (χ0n) is 11.0. The Hall–Kier alpha value is -1.19. The van der Waals surface area contributed by atoms with E-state index < -0.39 is 25.0 Å². The van der Waals surface area contributed by atoms with E-state index in [1.165, 1.54) is 0 Å². The van der Waals surface area contributed by atoms with E-state index in [1.807, 2.05) is 6.92 Å². The largest absolute Gasteiger partial charge is 0.373 e. The second-order valence-electron chi connectivity index (χ2n) is 4.27. The van der Waals surface area contributed by atoms with Crippen molar-refractivity contribution in [3.05, 3.63) is 18.2 Å². The molecule has 1 unspecified atom stereocenters. The van der Waals surface area contributed by atoms with Crippen LogP contribution in [0, 0.1) is 0 Å². The number of imidazole rings is 1. The summed E-state index contributed by atoms with van der Waals surface area (Å²) in [5.74, 6) is 1.66. The number of nitrogens with zero attached hydrogens (tertiary/aromatic N) is 2. The van der Waals surface area contributed by atoms with Crippen molar-refractivity contribution < 1.29 is 22.3 Å². The van der Waals surface area contributed by atoms with Crippen molar-refractivity contribution in [1.82, 2.24) is 15.0 Å². The van der Waals surface area contributed by atoms with Crippen molar-refractivity contribution in [2.24, 2.45) is 5.84 Å². The van der Waals surface area contributed by atoms with Crippen LogP contribution < -0.4 is 11.3 Å². The summed E-state index contributed by atoms with van der Waals surface area (Å²) in [5, 5.41) is 0. The maximum Gasteiger partial charge on any atom is 0.330 e. The summed E-state index contributed by atoms with van der Waals surface area (Å²) in [6, 6.07) is -0.648. The molecule has 1 heterocycles. The number of hydrogen-bond acceptors (Lipinski definition) is 4. The van der Waals surface area contributed by atoms with Gasteiger partial charge in [0.1, 0.15) is 18.5 Å². The van der Waals surface area contributed by atoms with Gasteiger partial charge in [0.25, 0.3) is 0 Å². The number of hydrogen-bond donors (Lipinski definition) is 2. The highest BCUT2D eigenvalue weighted by atomic mass is 19.3. The van der Waals surface area contributed by atoms with Crippen LogP contribution >= 0.6 is 0 Å². The third-order valence-corrected chi connectivity index (χ3v) is 2.62. The highest BCUT2D eigenvalue weighted by molar-refractivity contribution is 4.99. The van der Waals surface area contributed by atoms with E-state index in [-0.39, 0.29) is 6.61 Å². The first-order valence-corrected chi connectivity index (χ1v) is 6.13. The lowest BCUT2D eigenvalue weighted by atomic mass is 10.3. The Kier molecular flexibility index (Phi) is 6.37. The molecule has 1 aromatic rings. The van der Waals surface area contributed by atoms with E-state index in [4.69, 9.17) is 5.84 Å². The number of ether oxygens (including phenoxy) is 1. The number of aryl methyl sites for hydroxylation is 1. The Bertz CT molecular complexity index is 400. The van der Waals surface area contributed by atoms with Crippen LogP contribution in [0.25, 0.3) is 0 Å². The van der Waals surface area contributed by atoms with E-state index in [9.17, 15) is 17.6 Å². The Labute approximate surface area is 114 Å². The molecule has 5 nitrogen and oxygen atoms in total. The highest BCUT2D eigenvalue weighted by Gasteiger charge is 2.41. The first kappa shape index (κ1) is 16.9. The molecular weight excluding hydrogens is 280 g/mol. The van der Waals surface area contributed by atoms with Gasteiger partial charge in [0.05, 0.1) is 6.61 Å². The monoisotopic (exact) mass is 298 g/mol. The molecule has 0 fully saturated rings. The van der Waals surface area contributed by atoms with Crippen LogP contribution in [-0.4, -0.2) is 35.1 Å². The van der Waals surface area contributed by atoms with Gasteiger partial charge in [-0.15, -0.1) is 0 Å². The molecule has 0 radical (unpaired) electrons. The smallest absolute Gasteiger partial charge is 0.330 e. The second-order valence-corrected chi connectivity index (χ2v) is 4.27. The van der Waals surface area contributed by atoms with Crippen LogP contribution in [0.1, 0.15) is 25.2 Å². The minimum absolute atomic E-state index is 0.278. The van der Waals surface area contributed by atoms with Crippen LogP contribution in [-0.2, 0) is 11.3 Å². The van der Waals surface area contributed by atoms with Gasteiger partial charge in [0, 0.05) is 18.9 Å². The molecule has 0 aliphatic rings. The number of hydrazine groups is 1. The van der Waals surface area contributed by atoms with E-state index in [0.29, 0.717) is 12.4 Å². The number of nitrogens with two attached hydrogens (primary N) is 1. The van der Waals surface area contributed by atoms with Crippen molar-refractivity contribution in [3.63, 3.8) is 0 Å². The molecule has 0 aliphatic heterocycles. The molecule has 0 aromatic carbocycles. The van der Waals surface area contributed by atoms with Crippen molar-refractivity contribution in [3.8, 4) is 0 Å². The zero-order valence-corrected chi connectivity index (χ0v) is 11.0. The Balaban J connectivity index is 2.57. The Morgan fingerprint density at radius 2 is 2.20 bits per heavy atom. The Morgan fingerprint density at radius 3 is 2.75 bits per heavy atom. The van der Waals surface area contributed by atoms with Gasteiger partial charge in [0.2, 0.25) is 0 Å². The second kappa shape index (κ2) is 7.55. The molecule has 1 aromatic heterocycles. The van der Waals surface area contributed by atoms with E-state index in [0.717, 1.165) is 6.42 Å². The van der Waals surface area contributed by atoms with E-state index in [2.05, 4.69) is 15.1 Å². The first-order valence-electron chi connectivity index (χ1n) is 6.13. The molecule has 0 aliphatic carbocycles. The van der Waals surface area contributed by atoms with E-state index >= 15 is 0 Å². The third kappa shape index (κ3) is 4.43. The minimum atomic E-state index is -4.17. The fourth-order valence-corrected chi connectivity index (χ4v) is 1.63. The fraction of sp³-hybridized carbons (Fsp3) is 0.727. The van der Waals surface area contributed by atoms with Crippen molar-refractivity contribution in [2.45, 2.75) is 38.3 Å². The molecule has 0 bridgehead atoms. The van der Waals surface area contributed by atoms with Gasteiger partial charge in [-0.25, -0.2) is 19.2 Å². The van der Waals surface area contributed by atoms with Gasteiger partial charge in [0.15, 0.2) is 0 Å². The fourth-order valence-electron chi connectivity index (χ4n) is 1.63. The number of nitrogens with one attached hydrogen (secondary N) is 1. The minimum Gasteiger partial charge on any atom is -0.373 e. The molecule has 0 saturated carbocycles. The molecule has 1 atom stereocenters. The molecule has 3 N–H and O–H groups in total. The summed E-state index contributed by atoms with van der Waals surface area (Å²) in [5.41, 5.74) is 2.38. The Morgan fingerprint density at radius 1 is 1.50 bits per heavy atom. The van der Waals surface area contributed by atoms with Gasteiger partial charge in [-0.1, -0.05) is 6.92 Å². The van der Waals surface area contributed by atoms with E-state index in [1.54, 1.807) is 17.0 Å². The van der Waals surface area contributed by atoms with Crippen LogP contribution in [0.3, 0.4) is 0 Å². The predicted octanol–water partition coefficient (Wildman–Crippen LogP) is 1.71. The van der Waals surface area contributed by atoms with Crippen molar-refractivity contribution in [1.29, 1.82) is 0 Å². The lowest BCUT2D eigenvalue weighted by Crippen LogP contribution is -2.37. The summed E-state index contributed by atoms with van der Waals surface area (Å²) in [6.07, 6.45) is 0.360. The van der Waals surface area contributed by atoms with Crippen LogP contribution in [0.2, 0.25) is 0 Å². The predicted molar refractivity (Wildman–Crippen MR) is 64.4 cm³/mol. The third-order valence-electron chi connectivity index (χ3n) is 2.62. The average Bonchev–Trinajstić information content (AvgIpc) is 2.83. The van der Waals surface area contributed by atoms with Crippen LogP contribution in [0.15, 0.2) is 12.4 Å². The van der Waals surface area contributed by atoms with Crippen molar-refractivity contribution >= 4 is 0 Å². The maximum absolute atomic E-state index is 12.7. The zero-order chi connectivity index (χ0) is 15.2. The average molecular weight is 298 g/mol. The topological polar surface area (TPSA) is 65.1 Å². The van der Waals surface area contributed by atoms with Gasteiger partial charge < -0.3 is 9.30 Å². The number of rotatable bonds is 9. The highest BCUT2D eigenvalue weighted by Crippen LogP contribution is 2.23. The summed E-state index contributed by atoms with van der Waals surface area (Å²) >= 11 is 0. The lowest BCUT2D eigenvalue weighted by molar-refractivity contribution is -0.167. The molecule has 9 heteroatoms.